The number of nitrogens with one attached hydrogen (secondary N) is 1. The summed E-state index contributed by atoms with van der Waals surface area (Å²) in [5.41, 5.74) is 3.95. The monoisotopic (exact) mass is 458 g/mol. The van der Waals surface area contributed by atoms with Crippen LogP contribution in [-0.4, -0.2) is 28.3 Å². The van der Waals surface area contributed by atoms with Crippen LogP contribution in [0.25, 0.3) is 0 Å². The second kappa shape index (κ2) is 9.57. The van der Waals surface area contributed by atoms with E-state index in [9.17, 15) is 9.59 Å². The zero-order chi connectivity index (χ0) is 21.8. The summed E-state index contributed by atoms with van der Waals surface area (Å²) in [6.07, 6.45) is 0.269. The fourth-order valence-electron chi connectivity index (χ4n) is 3.03. The van der Waals surface area contributed by atoms with E-state index in [0.717, 1.165) is 21.2 Å². The van der Waals surface area contributed by atoms with Crippen LogP contribution in [-0.2, 0) is 22.6 Å². The van der Waals surface area contributed by atoms with Gasteiger partial charge in [-0.15, -0.1) is 0 Å². The summed E-state index contributed by atoms with van der Waals surface area (Å²) in [5.74, 6) is -0.212. The molecule has 0 saturated heterocycles. The van der Waals surface area contributed by atoms with E-state index in [-0.39, 0.29) is 23.8 Å². The van der Waals surface area contributed by atoms with Crippen molar-refractivity contribution in [1.82, 2.24) is 10.2 Å². The molecule has 2 rings (SSSR count). The lowest BCUT2D eigenvalue weighted by Gasteiger charge is -2.31. The van der Waals surface area contributed by atoms with Gasteiger partial charge < -0.3 is 10.2 Å². The van der Waals surface area contributed by atoms with Gasteiger partial charge in [0.25, 0.3) is 0 Å². The van der Waals surface area contributed by atoms with Crippen molar-refractivity contribution in [3.8, 4) is 0 Å². The molecular formula is C24H31BrN2O2. The lowest BCUT2D eigenvalue weighted by atomic mass is 10.0. The van der Waals surface area contributed by atoms with E-state index in [2.05, 4.69) is 28.2 Å². The van der Waals surface area contributed by atoms with Crippen molar-refractivity contribution in [2.45, 2.75) is 66.1 Å². The predicted octanol–water partition coefficient (Wildman–Crippen LogP) is 4.94. The Balaban J connectivity index is 2.26. The minimum atomic E-state index is -0.572. The summed E-state index contributed by atoms with van der Waals surface area (Å²) < 4.78 is 0.979. The van der Waals surface area contributed by atoms with Gasteiger partial charge in [0.05, 0.1) is 6.42 Å². The number of carbonyl (C=O) groups is 2. The topological polar surface area (TPSA) is 49.4 Å². The van der Waals surface area contributed by atoms with E-state index >= 15 is 0 Å². The van der Waals surface area contributed by atoms with Crippen LogP contribution in [0, 0.1) is 13.8 Å². The molecule has 2 aromatic carbocycles. The highest BCUT2D eigenvalue weighted by Crippen LogP contribution is 2.17. The van der Waals surface area contributed by atoms with Crippen molar-refractivity contribution in [1.29, 1.82) is 0 Å². The maximum Gasteiger partial charge on any atom is 0.242 e. The van der Waals surface area contributed by atoms with Crippen molar-refractivity contribution < 1.29 is 9.59 Å². The maximum atomic E-state index is 13.2. The highest BCUT2D eigenvalue weighted by Gasteiger charge is 2.28. The second-order valence-corrected chi connectivity index (χ2v) is 9.57. The van der Waals surface area contributed by atoms with Crippen LogP contribution in [0.2, 0.25) is 0 Å². The van der Waals surface area contributed by atoms with E-state index in [4.69, 9.17) is 0 Å². The van der Waals surface area contributed by atoms with Gasteiger partial charge in [-0.05, 0) is 75.9 Å². The normalized spacial score (nSPS) is 12.4. The van der Waals surface area contributed by atoms with Gasteiger partial charge >= 0.3 is 0 Å². The van der Waals surface area contributed by atoms with Gasteiger partial charge in [-0.3, -0.25) is 9.59 Å². The largest absolute Gasteiger partial charge is 0.350 e. The number of rotatable bonds is 6. The molecule has 5 heteroatoms. The number of aryl methyl sites for hydroxylation is 2. The molecule has 0 spiro atoms. The average molecular weight is 459 g/mol. The number of hydrogen-bond acceptors (Lipinski definition) is 2. The molecule has 1 N–H and O–H groups in total. The van der Waals surface area contributed by atoms with Crippen LogP contribution in [0.15, 0.2) is 46.9 Å². The zero-order valence-electron chi connectivity index (χ0n) is 18.2. The summed E-state index contributed by atoms with van der Waals surface area (Å²) in [4.78, 5) is 27.7. The van der Waals surface area contributed by atoms with Crippen LogP contribution in [0.5, 0.6) is 0 Å². The molecule has 0 radical (unpaired) electrons. The summed E-state index contributed by atoms with van der Waals surface area (Å²) >= 11 is 3.44. The molecular weight excluding hydrogens is 428 g/mol. The number of amides is 2. The molecule has 29 heavy (non-hydrogen) atoms. The van der Waals surface area contributed by atoms with Gasteiger partial charge in [0.15, 0.2) is 0 Å². The van der Waals surface area contributed by atoms with Crippen LogP contribution in [0.3, 0.4) is 0 Å². The average Bonchev–Trinajstić information content (AvgIpc) is 2.62. The van der Waals surface area contributed by atoms with Crippen LogP contribution < -0.4 is 5.32 Å². The third-order valence-corrected chi connectivity index (χ3v) is 5.39. The summed E-state index contributed by atoms with van der Waals surface area (Å²) in [6.45, 7) is 12.1. The number of benzene rings is 2. The van der Waals surface area contributed by atoms with Gasteiger partial charge in [0.1, 0.15) is 6.04 Å². The van der Waals surface area contributed by atoms with Crippen molar-refractivity contribution >= 4 is 27.7 Å². The second-order valence-electron chi connectivity index (χ2n) is 8.66. The Bertz CT molecular complexity index is 869. The first-order chi connectivity index (χ1) is 13.5. The van der Waals surface area contributed by atoms with Crippen LogP contribution >= 0.6 is 15.9 Å². The molecule has 0 aliphatic carbocycles. The van der Waals surface area contributed by atoms with Gasteiger partial charge in [-0.25, -0.2) is 0 Å². The van der Waals surface area contributed by atoms with E-state index in [0.29, 0.717) is 6.54 Å². The Kier molecular flexibility index (Phi) is 7.64. The quantitative estimate of drug-likeness (QED) is 0.665. The summed E-state index contributed by atoms with van der Waals surface area (Å²) in [7, 11) is 0. The number of hydrogen-bond donors (Lipinski definition) is 1. The molecule has 4 nitrogen and oxygen atoms in total. The smallest absolute Gasteiger partial charge is 0.242 e. The van der Waals surface area contributed by atoms with Crippen molar-refractivity contribution in [3.63, 3.8) is 0 Å². The molecule has 0 aromatic heterocycles. The SMILES string of the molecule is Cc1ccc(CC(=O)N(Cc2ccc(Br)cc2)[C@H](C)C(=O)NC(C)(C)C)cc1C. The zero-order valence-corrected chi connectivity index (χ0v) is 19.8. The first kappa shape index (κ1) is 23.1. The Morgan fingerprint density at radius 1 is 1.00 bits per heavy atom. The van der Waals surface area contributed by atoms with Crippen molar-refractivity contribution in [2.24, 2.45) is 0 Å². The number of halogens is 1. The molecule has 0 aliphatic heterocycles. The lowest BCUT2D eigenvalue weighted by Crippen LogP contribution is -2.52. The van der Waals surface area contributed by atoms with Crippen LogP contribution in [0.4, 0.5) is 0 Å². The summed E-state index contributed by atoms with van der Waals surface area (Å²) in [6, 6.07) is 13.3. The molecule has 0 saturated carbocycles. The number of nitrogens with zero attached hydrogens (tertiary/aromatic N) is 1. The molecule has 2 aromatic rings. The van der Waals surface area contributed by atoms with Crippen LogP contribution in [0.1, 0.15) is 49.9 Å². The van der Waals surface area contributed by atoms with Crippen molar-refractivity contribution in [3.05, 3.63) is 69.2 Å². The Morgan fingerprint density at radius 3 is 2.14 bits per heavy atom. The molecule has 0 bridgehead atoms. The van der Waals surface area contributed by atoms with Gasteiger partial charge in [-0.1, -0.05) is 46.3 Å². The third-order valence-electron chi connectivity index (χ3n) is 4.86. The fraction of sp³-hybridized carbons (Fsp3) is 0.417. The molecule has 0 unspecified atom stereocenters. The Hall–Kier alpha value is -2.14. The Morgan fingerprint density at radius 2 is 1.59 bits per heavy atom. The van der Waals surface area contributed by atoms with Crippen molar-refractivity contribution in [2.75, 3.05) is 0 Å². The van der Waals surface area contributed by atoms with Gasteiger partial charge in [0, 0.05) is 16.6 Å². The van der Waals surface area contributed by atoms with E-state index < -0.39 is 6.04 Å². The van der Waals surface area contributed by atoms with E-state index in [1.54, 1.807) is 11.8 Å². The minimum Gasteiger partial charge on any atom is -0.350 e. The molecule has 1 atom stereocenters. The van der Waals surface area contributed by atoms with Gasteiger partial charge in [-0.2, -0.15) is 0 Å². The fourth-order valence-corrected chi connectivity index (χ4v) is 3.30. The van der Waals surface area contributed by atoms with E-state index in [1.807, 2.05) is 70.2 Å². The standard InChI is InChI=1S/C24H31BrN2O2/c1-16-7-8-20(13-17(16)2)14-22(28)27(15-19-9-11-21(25)12-10-19)18(3)23(29)26-24(4,5)6/h7-13,18H,14-15H2,1-6H3,(H,26,29)/t18-/m1/s1. The molecule has 0 fully saturated rings. The molecule has 0 heterocycles. The highest BCUT2D eigenvalue weighted by molar-refractivity contribution is 9.10. The molecule has 0 aliphatic rings. The first-order valence-corrected chi connectivity index (χ1v) is 10.7. The number of carbonyl (C=O) groups excluding carboxylic acids is 2. The molecule has 2 amide bonds. The summed E-state index contributed by atoms with van der Waals surface area (Å²) in [5, 5.41) is 2.99. The molecule has 156 valence electrons. The highest BCUT2D eigenvalue weighted by atomic mass is 79.9. The predicted molar refractivity (Wildman–Crippen MR) is 122 cm³/mol. The third kappa shape index (κ3) is 7.00. The van der Waals surface area contributed by atoms with E-state index in [1.165, 1.54) is 5.56 Å². The van der Waals surface area contributed by atoms with Gasteiger partial charge in [0.2, 0.25) is 11.8 Å². The lowest BCUT2D eigenvalue weighted by molar-refractivity contribution is -0.140. The Labute approximate surface area is 182 Å². The minimum absolute atomic E-state index is 0.0623. The first-order valence-electron chi connectivity index (χ1n) is 9.88. The maximum absolute atomic E-state index is 13.2.